The number of hydrogen-bond donors (Lipinski definition) is 1. The van der Waals surface area contributed by atoms with Gasteiger partial charge in [-0.05, 0) is 57.0 Å². The van der Waals surface area contributed by atoms with Gasteiger partial charge >= 0.3 is 0 Å². The van der Waals surface area contributed by atoms with Crippen LogP contribution in [0.5, 0.6) is 5.75 Å². The van der Waals surface area contributed by atoms with Crippen LogP contribution in [0.1, 0.15) is 30.4 Å². The lowest BCUT2D eigenvalue weighted by Gasteiger charge is -2.36. The van der Waals surface area contributed by atoms with Gasteiger partial charge in [0.05, 0.1) is 11.6 Å². The highest BCUT2D eigenvalue weighted by Crippen LogP contribution is 2.37. The molecular weight excluding hydrogens is 398 g/mol. The van der Waals surface area contributed by atoms with E-state index in [-0.39, 0.29) is 5.91 Å². The Morgan fingerprint density at radius 2 is 1.77 bits per heavy atom. The van der Waals surface area contributed by atoms with Gasteiger partial charge in [0.25, 0.3) is 0 Å². The second kappa shape index (κ2) is 9.71. The zero-order valence-corrected chi connectivity index (χ0v) is 18.4. The van der Waals surface area contributed by atoms with Gasteiger partial charge < -0.3 is 15.0 Å². The molecule has 1 amide bonds. The minimum Gasteiger partial charge on any atom is -0.492 e. The Morgan fingerprint density at radius 3 is 2.53 bits per heavy atom. The van der Waals surface area contributed by atoms with Gasteiger partial charge in [-0.3, -0.25) is 9.69 Å². The van der Waals surface area contributed by atoms with Crippen LogP contribution in [0.4, 0.5) is 11.4 Å². The van der Waals surface area contributed by atoms with Crippen molar-refractivity contribution in [3.05, 3.63) is 52.5 Å². The van der Waals surface area contributed by atoms with E-state index in [1.165, 1.54) is 11.3 Å². The Hall–Kier alpha value is -2.24. The number of anilines is 2. The van der Waals surface area contributed by atoms with Crippen LogP contribution in [0.25, 0.3) is 0 Å². The fraction of sp³-hybridized carbons (Fsp3) is 0.458. The van der Waals surface area contributed by atoms with Crippen LogP contribution in [-0.2, 0) is 11.2 Å². The Balaban J connectivity index is 1.18. The van der Waals surface area contributed by atoms with Crippen molar-refractivity contribution in [2.24, 2.45) is 0 Å². The first-order valence-electron chi connectivity index (χ1n) is 10.9. The topological polar surface area (TPSA) is 44.8 Å². The number of carbonyl (C=O) groups is 1. The molecule has 1 N–H and O–H groups in total. The molecule has 0 radical (unpaired) electrons. The lowest BCUT2D eigenvalue weighted by atomic mass is 10.0. The normalized spacial score (nSPS) is 16.9. The molecule has 1 fully saturated rings. The Bertz CT molecular complexity index is 877. The second-order valence-electron chi connectivity index (χ2n) is 8.17. The molecule has 2 aliphatic heterocycles. The van der Waals surface area contributed by atoms with E-state index < -0.39 is 0 Å². The number of amides is 1. The summed E-state index contributed by atoms with van der Waals surface area (Å²) in [5.74, 6) is 0.791. The maximum absolute atomic E-state index is 11.6. The van der Waals surface area contributed by atoms with Crippen LogP contribution in [-0.4, -0.2) is 50.1 Å². The van der Waals surface area contributed by atoms with Gasteiger partial charge in [-0.15, -0.1) is 0 Å². The van der Waals surface area contributed by atoms with E-state index in [1.807, 2.05) is 6.07 Å². The molecule has 0 atom stereocenters. The van der Waals surface area contributed by atoms with E-state index in [2.05, 4.69) is 46.3 Å². The highest BCUT2D eigenvalue weighted by atomic mass is 35.5. The fourth-order valence-corrected chi connectivity index (χ4v) is 4.40. The van der Waals surface area contributed by atoms with Gasteiger partial charge in [-0.1, -0.05) is 29.3 Å². The first-order valence-corrected chi connectivity index (χ1v) is 11.3. The molecular formula is C24H30ClN3O2. The Kier molecular flexibility index (Phi) is 6.80. The number of ether oxygens (including phenoxy) is 1. The molecule has 6 heteroatoms. The summed E-state index contributed by atoms with van der Waals surface area (Å²) in [6.07, 6.45) is 3.26. The molecule has 2 heterocycles. The minimum atomic E-state index is 0.0539. The number of nitrogens with one attached hydrogen (secondary N) is 1. The third-order valence-corrected chi connectivity index (χ3v) is 6.27. The molecule has 0 bridgehead atoms. The molecule has 0 spiro atoms. The lowest BCUT2D eigenvalue weighted by molar-refractivity contribution is -0.116. The van der Waals surface area contributed by atoms with Gasteiger partial charge in [-0.25, -0.2) is 0 Å². The summed E-state index contributed by atoms with van der Waals surface area (Å²) in [4.78, 5) is 16.6. The third-order valence-electron chi connectivity index (χ3n) is 5.98. The summed E-state index contributed by atoms with van der Waals surface area (Å²) >= 11 is 6.35. The van der Waals surface area contributed by atoms with Crippen molar-refractivity contribution >= 4 is 28.9 Å². The first-order chi connectivity index (χ1) is 14.6. The largest absolute Gasteiger partial charge is 0.492 e. The third kappa shape index (κ3) is 5.08. The molecule has 1 saturated heterocycles. The Labute approximate surface area is 184 Å². The first kappa shape index (κ1) is 21.0. The van der Waals surface area contributed by atoms with Crippen molar-refractivity contribution in [1.82, 2.24) is 4.90 Å². The highest BCUT2D eigenvalue weighted by Gasteiger charge is 2.21. The van der Waals surface area contributed by atoms with Crippen molar-refractivity contribution in [1.29, 1.82) is 0 Å². The predicted molar refractivity (Wildman–Crippen MR) is 123 cm³/mol. The van der Waals surface area contributed by atoms with Gasteiger partial charge in [-0.2, -0.15) is 0 Å². The average molecular weight is 428 g/mol. The zero-order chi connectivity index (χ0) is 20.9. The van der Waals surface area contributed by atoms with Crippen LogP contribution in [0.3, 0.4) is 0 Å². The summed E-state index contributed by atoms with van der Waals surface area (Å²) in [5.41, 5.74) is 4.49. The number of rotatable bonds is 7. The average Bonchev–Trinajstić information content (AvgIpc) is 2.76. The monoisotopic (exact) mass is 427 g/mol. The molecule has 30 heavy (non-hydrogen) atoms. The molecule has 160 valence electrons. The standard InChI is InChI=1S/C24H30ClN3O2/c1-18-4-6-19(7-5-18)28-15-13-27(14-16-28)12-2-3-17-30-24-20-8-11-23(29)26-22(20)10-9-21(24)25/h4-7,9-10H,2-3,8,11-17H2,1H3,(H,26,29). The van der Waals surface area contributed by atoms with Crippen molar-refractivity contribution in [3.63, 3.8) is 0 Å². The number of nitrogens with zero attached hydrogens (tertiary/aromatic N) is 2. The van der Waals surface area contributed by atoms with E-state index in [9.17, 15) is 4.79 Å². The van der Waals surface area contributed by atoms with Crippen LogP contribution >= 0.6 is 11.6 Å². The molecule has 0 aliphatic carbocycles. The van der Waals surface area contributed by atoms with Crippen molar-refractivity contribution < 1.29 is 9.53 Å². The molecule has 2 aromatic carbocycles. The van der Waals surface area contributed by atoms with Crippen molar-refractivity contribution in [2.45, 2.75) is 32.6 Å². The number of unbranched alkanes of at least 4 members (excludes halogenated alkanes) is 1. The Morgan fingerprint density at radius 1 is 1.00 bits per heavy atom. The van der Waals surface area contributed by atoms with E-state index >= 15 is 0 Å². The lowest BCUT2D eigenvalue weighted by Crippen LogP contribution is -2.46. The molecule has 0 unspecified atom stereocenters. The van der Waals surface area contributed by atoms with Crippen LogP contribution in [0.2, 0.25) is 5.02 Å². The number of aryl methyl sites for hydroxylation is 1. The molecule has 0 saturated carbocycles. The highest BCUT2D eigenvalue weighted by molar-refractivity contribution is 6.32. The molecule has 4 rings (SSSR count). The van der Waals surface area contributed by atoms with E-state index in [4.69, 9.17) is 16.3 Å². The van der Waals surface area contributed by atoms with E-state index in [0.29, 0.717) is 24.5 Å². The summed E-state index contributed by atoms with van der Waals surface area (Å²) in [6.45, 7) is 8.24. The fourth-order valence-electron chi connectivity index (χ4n) is 4.17. The van der Waals surface area contributed by atoms with Gasteiger partial charge in [0, 0.05) is 49.5 Å². The van der Waals surface area contributed by atoms with Gasteiger partial charge in [0.2, 0.25) is 5.91 Å². The molecule has 2 aliphatic rings. The van der Waals surface area contributed by atoms with E-state index in [1.54, 1.807) is 6.07 Å². The summed E-state index contributed by atoms with van der Waals surface area (Å²) < 4.78 is 6.03. The number of fused-ring (bicyclic) bond motifs is 1. The molecule has 5 nitrogen and oxygen atoms in total. The van der Waals surface area contributed by atoms with Crippen molar-refractivity contribution in [2.75, 3.05) is 49.5 Å². The van der Waals surface area contributed by atoms with Gasteiger partial charge in [0.15, 0.2) is 0 Å². The van der Waals surface area contributed by atoms with Crippen molar-refractivity contribution in [3.8, 4) is 5.75 Å². The predicted octanol–water partition coefficient (Wildman–Crippen LogP) is 4.51. The summed E-state index contributed by atoms with van der Waals surface area (Å²) in [6, 6.07) is 12.5. The second-order valence-corrected chi connectivity index (χ2v) is 8.58. The number of benzene rings is 2. The minimum absolute atomic E-state index is 0.0539. The van der Waals surface area contributed by atoms with E-state index in [0.717, 1.165) is 62.6 Å². The number of carbonyl (C=O) groups excluding carboxylic acids is 1. The van der Waals surface area contributed by atoms with Crippen LogP contribution in [0, 0.1) is 6.92 Å². The van der Waals surface area contributed by atoms with Crippen LogP contribution < -0.4 is 15.0 Å². The van der Waals surface area contributed by atoms with Gasteiger partial charge in [0.1, 0.15) is 5.75 Å². The summed E-state index contributed by atoms with van der Waals surface area (Å²) in [7, 11) is 0. The quantitative estimate of drug-likeness (QED) is 0.660. The molecule has 0 aromatic heterocycles. The smallest absolute Gasteiger partial charge is 0.224 e. The zero-order valence-electron chi connectivity index (χ0n) is 17.6. The molecule has 2 aromatic rings. The maximum atomic E-state index is 11.6. The summed E-state index contributed by atoms with van der Waals surface area (Å²) in [5, 5.41) is 3.52. The SMILES string of the molecule is Cc1ccc(N2CCN(CCCCOc3c(Cl)ccc4c3CCC(=O)N4)CC2)cc1. The number of hydrogen-bond acceptors (Lipinski definition) is 4. The van der Waals surface area contributed by atoms with Crippen LogP contribution in [0.15, 0.2) is 36.4 Å². The maximum Gasteiger partial charge on any atom is 0.224 e. The number of piperazine rings is 1. The number of halogens is 1.